The van der Waals surface area contributed by atoms with Crippen LogP contribution in [0.3, 0.4) is 0 Å². The third-order valence-electron chi connectivity index (χ3n) is 5.22. The fourth-order valence-corrected chi connectivity index (χ4v) is 3.56. The van der Waals surface area contributed by atoms with Crippen LogP contribution in [0.4, 0.5) is 16.0 Å². The zero-order valence-corrected chi connectivity index (χ0v) is 17.7. The second-order valence-electron chi connectivity index (χ2n) is 7.13. The number of anilines is 2. The first-order valence-electron chi connectivity index (χ1n) is 10.0. The van der Waals surface area contributed by atoms with Crippen molar-refractivity contribution in [3.05, 3.63) is 69.9 Å². The van der Waals surface area contributed by atoms with Gasteiger partial charge in [0.2, 0.25) is 11.6 Å². The Balaban J connectivity index is 1.44. The topological polar surface area (TPSA) is 98.6 Å². The van der Waals surface area contributed by atoms with Crippen LogP contribution < -0.4 is 25.2 Å². The molecule has 9 nitrogen and oxygen atoms in total. The molecule has 0 aliphatic carbocycles. The van der Waals surface area contributed by atoms with E-state index in [0.717, 1.165) is 5.56 Å². The van der Waals surface area contributed by atoms with Crippen LogP contribution in [0, 0.1) is 5.82 Å². The maximum atomic E-state index is 13.2. The number of methoxy groups -OCH3 is 2. The van der Waals surface area contributed by atoms with Gasteiger partial charge in [-0.1, -0.05) is 6.07 Å². The van der Waals surface area contributed by atoms with E-state index in [1.165, 1.54) is 16.7 Å². The molecular formula is C22H22FN5O4. The van der Waals surface area contributed by atoms with Crippen LogP contribution in [0.15, 0.2) is 47.3 Å². The second kappa shape index (κ2) is 9.04. The van der Waals surface area contributed by atoms with E-state index in [4.69, 9.17) is 9.47 Å². The first-order chi connectivity index (χ1) is 15.5. The van der Waals surface area contributed by atoms with E-state index in [9.17, 15) is 14.0 Å². The number of nitrogens with one attached hydrogen (secondary N) is 1. The molecule has 0 saturated heterocycles. The molecule has 2 aromatic carbocycles. The molecule has 1 aromatic heterocycles. The summed E-state index contributed by atoms with van der Waals surface area (Å²) in [7, 11) is 3.12. The molecule has 0 unspecified atom stereocenters. The normalized spacial score (nSPS) is 12.4. The first kappa shape index (κ1) is 21.3. The van der Waals surface area contributed by atoms with Crippen molar-refractivity contribution in [3.8, 4) is 11.5 Å². The van der Waals surface area contributed by atoms with Gasteiger partial charge in [-0.15, -0.1) is 10.2 Å². The zero-order chi connectivity index (χ0) is 22.7. The summed E-state index contributed by atoms with van der Waals surface area (Å²) < 4.78 is 25.1. The number of amides is 1. The van der Waals surface area contributed by atoms with Gasteiger partial charge in [-0.25, -0.2) is 4.39 Å². The van der Waals surface area contributed by atoms with Crippen LogP contribution in [0.1, 0.15) is 16.1 Å². The molecule has 1 N–H and O–H groups in total. The Morgan fingerprint density at radius 2 is 1.81 bits per heavy atom. The second-order valence-corrected chi connectivity index (χ2v) is 7.13. The summed E-state index contributed by atoms with van der Waals surface area (Å²) in [6.45, 7) is 1.13. The predicted molar refractivity (Wildman–Crippen MR) is 115 cm³/mol. The van der Waals surface area contributed by atoms with E-state index in [-0.39, 0.29) is 11.5 Å². The highest BCUT2D eigenvalue weighted by molar-refractivity contribution is 5.91. The lowest BCUT2D eigenvalue weighted by Crippen LogP contribution is -2.35. The van der Waals surface area contributed by atoms with Gasteiger partial charge in [0.1, 0.15) is 5.82 Å². The van der Waals surface area contributed by atoms with Crippen LogP contribution >= 0.6 is 0 Å². The number of hydrogen-bond acceptors (Lipinski definition) is 7. The lowest BCUT2D eigenvalue weighted by molar-refractivity contribution is 0.0945. The van der Waals surface area contributed by atoms with E-state index in [0.29, 0.717) is 49.2 Å². The minimum absolute atomic E-state index is 0.262. The molecule has 0 bridgehead atoms. The van der Waals surface area contributed by atoms with Crippen LogP contribution in [-0.2, 0) is 13.0 Å². The molecule has 0 radical (unpaired) electrons. The van der Waals surface area contributed by atoms with Gasteiger partial charge in [0.05, 0.1) is 14.2 Å². The third kappa shape index (κ3) is 4.11. The standard InChI is InChI=1S/C22H22FN5O4/c1-31-17-8-3-14(13-18(17)32-2)9-10-24-20(29)19-21(30)28-12-11-27(22(28)26-25-19)16-6-4-15(23)5-7-16/h3-8,13H,9-12H2,1-2H3,(H,24,29). The number of carbonyl (C=O) groups is 1. The van der Waals surface area contributed by atoms with Crippen molar-refractivity contribution < 1.29 is 18.7 Å². The number of rotatable bonds is 7. The molecule has 32 heavy (non-hydrogen) atoms. The Labute approximate surface area is 183 Å². The number of carbonyl (C=O) groups excluding carboxylic acids is 1. The average molecular weight is 439 g/mol. The Hall–Kier alpha value is -3.95. The SMILES string of the molecule is COc1ccc(CCNC(=O)c2nnc3n(c2=O)CCN3c2ccc(F)cc2)cc1OC. The largest absolute Gasteiger partial charge is 0.493 e. The minimum atomic E-state index is -0.585. The fourth-order valence-electron chi connectivity index (χ4n) is 3.56. The van der Waals surface area contributed by atoms with Crippen LogP contribution in [0.5, 0.6) is 11.5 Å². The Morgan fingerprint density at radius 3 is 2.53 bits per heavy atom. The van der Waals surface area contributed by atoms with E-state index in [2.05, 4.69) is 15.5 Å². The monoisotopic (exact) mass is 439 g/mol. The van der Waals surface area contributed by atoms with E-state index in [1.807, 2.05) is 12.1 Å². The molecule has 0 fully saturated rings. The van der Waals surface area contributed by atoms with Gasteiger partial charge in [-0.3, -0.25) is 14.2 Å². The van der Waals surface area contributed by atoms with Gasteiger partial charge in [0, 0.05) is 25.3 Å². The van der Waals surface area contributed by atoms with Gasteiger partial charge < -0.3 is 19.7 Å². The van der Waals surface area contributed by atoms with Crippen molar-refractivity contribution in [1.82, 2.24) is 20.1 Å². The number of hydrogen-bond donors (Lipinski definition) is 1. The Morgan fingerprint density at radius 1 is 1.06 bits per heavy atom. The maximum absolute atomic E-state index is 13.2. The minimum Gasteiger partial charge on any atom is -0.493 e. The quantitative estimate of drug-likeness (QED) is 0.601. The van der Waals surface area contributed by atoms with Gasteiger partial charge in [0.25, 0.3) is 11.5 Å². The first-order valence-corrected chi connectivity index (χ1v) is 10.0. The molecule has 3 aromatic rings. The van der Waals surface area contributed by atoms with Crippen molar-refractivity contribution in [3.63, 3.8) is 0 Å². The van der Waals surface area contributed by atoms with Crippen LogP contribution in [-0.4, -0.2) is 48.0 Å². The lowest BCUT2D eigenvalue weighted by Gasteiger charge is -2.16. The summed E-state index contributed by atoms with van der Waals surface area (Å²) in [4.78, 5) is 27.1. The van der Waals surface area contributed by atoms with Crippen molar-refractivity contribution in [2.75, 3.05) is 32.2 Å². The summed E-state index contributed by atoms with van der Waals surface area (Å²) in [5, 5.41) is 10.7. The molecule has 1 aliphatic heterocycles. The summed E-state index contributed by atoms with van der Waals surface area (Å²) in [5.41, 5.74) is 0.860. The molecule has 0 saturated carbocycles. The number of aromatic nitrogens is 3. The number of fused-ring (bicyclic) bond motifs is 1. The molecule has 0 spiro atoms. The maximum Gasteiger partial charge on any atom is 0.286 e. The average Bonchev–Trinajstić information content (AvgIpc) is 3.24. The molecule has 4 rings (SSSR count). The van der Waals surface area contributed by atoms with Gasteiger partial charge in [-0.05, 0) is 48.4 Å². The smallest absolute Gasteiger partial charge is 0.286 e. The molecule has 1 amide bonds. The summed E-state index contributed by atoms with van der Waals surface area (Å²) in [6.07, 6.45) is 0.532. The van der Waals surface area contributed by atoms with E-state index >= 15 is 0 Å². The van der Waals surface area contributed by atoms with Crippen LogP contribution in [0.25, 0.3) is 0 Å². The highest BCUT2D eigenvalue weighted by atomic mass is 19.1. The van der Waals surface area contributed by atoms with Crippen molar-refractivity contribution >= 4 is 17.5 Å². The Bertz CT molecular complexity index is 1200. The summed E-state index contributed by atoms with van der Waals surface area (Å²) >= 11 is 0. The van der Waals surface area contributed by atoms with Crippen molar-refractivity contribution in [2.24, 2.45) is 0 Å². The number of halogens is 1. The zero-order valence-electron chi connectivity index (χ0n) is 17.7. The van der Waals surface area contributed by atoms with Gasteiger partial charge in [0.15, 0.2) is 11.5 Å². The van der Waals surface area contributed by atoms with Crippen LogP contribution in [0.2, 0.25) is 0 Å². The summed E-state index contributed by atoms with van der Waals surface area (Å²) in [6, 6.07) is 11.4. The summed E-state index contributed by atoms with van der Waals surface area (Å²) in [5.74, 6) is 0.611. The Kier molecular flexibility index (Phi) is 6.02. The lowest BCUT2D eigenvalue weighted by atomic mass is 10.1. The van der Waals surface area contributed by atoms with E-state index < -0.39 is 11.5 Å². The molecular weight excluding hydrogens is 417 g/mol. The predicted octanol–water partition coefficient (Wildman–Crippen LogP) is 1.92. The number of ether oxygens (including phenoxy) is 2. The molecule has 10 heteroatoms. The van der Waals surface area contributed by atoms with E-state index in [1.54, 1.807) is 37.3 Å². The molecule has 2 heterocycles. The van der Waals surface area contributed by atoms with Gasteiger partial charge >= 0.3 is 0 Å². The van der Waals surface area contributed by atoms with Crippen molar-refractivity contribution in [1.29, 1.82) is 0 Å². The highest BCUT2D eigenvalue weighted by Gasteiger charge is 2.27. The number of benzene rings is 2. The van der Waals surface area contributed by atoms with Gasteiger partial charge in [-0.2, -0.15) is 0 Å². The molecule has 1 aliphatic rings. The van der Waals surface area contributed by atoms with Crippen molar-refractivity contribution in [2.45, 2.75) is 13.0 Å². The fraction of sp³-hybridized carbons (Fsp3) is 0.273. The molecule has 0 atom stereocenters. The third-order valence-corrected chi connectivity index (χ3v) is 5.22. The molecule has 166 valence electrons. The highest BCUT2D eigenvalue weighted by Crippen LogP contribution is 2.28. The number of nitrogens with zero attached hydrogens (tertiary/aromatic N) is 4.